The number of nitrogens with zero attached hydrogens (tertiary/aromatic N) is 3. The van der Waals surface area contributed by atoms with Gasteiger partial charge in [0.15, 0.2) is 5.82 Å². The highest BCUT2D eigenvalue weighted by Crippen LogP contribution is 2.41. The zero-order chi connectivity index (χ0) is 24.9. The summed E-state index contributed by atoms with van der Waals surface area (Å²) in [5, 5.41) is 10.6. The Morgan fingerprint density at radius 1 is 1.03 bits per heavy atom. The van der Waals surface area contributed by atoms with Gasteiger partial charge in [0.05, 0.1) is 28.4 Å². The molecule has 0 amide bonds. The van der Waals surface area contributed by atoms with Gasteiger partial charge in [0, 0.05) is 48.0 Å². The van der Waals surface area contributed by atoms with Crippen LogP contribution in [0.4, 0.5) is 10.1 Å². The van der Waals surface area contributed by atoms with Crippen molar-refractivity contribution in [3.63, 3.8) is 0 Å². The Bertz CT molecular complexity index is 1520. The normalized spacial score (nSPS) is 21.0. The summed E-state index contributed by atoms with van der Waals surface area (Å²) in [6, 6.07) is 17.2. The molecule has 0 bridgehead atoms. The van der Waals surface area contributed by atoms with Crippen molar-refractivity contribution in [3.05, 3.63) is 78.4 Å². The zero-order valence-corrected chi connectivity index (χ0v) is 20.5. The molecule has 0 unspecified atom stereocenters. The van der Waals surface area contributed by atoms with E-state index in [0.717, 1.165) is 12.1 Å². The number of pyridine rings is 1. The first-order valence-corrected chi connectivity index (χ1v) is 13.6. The highest BCUT2D eigenvalue weighted by molar-refractivity contribution is 7.89. The van der Waals surface area contributed by atoms with E-state index in [1.807, 2.05) is 29.2 Å². The van der Waals surface area contributed by atoms with Crippen LogP contribution in [0.15, 0.2) is 71.8 Å². The Kier molecular flexibility index (Phi) is 5.78. The van der Waals surface area contributed by atoms with Crippen LogP contribution in [0.1, 0.15) is 31.0 Å². The Morgan fingerprint density at radius 2 is 1.86 bits per heavy atom. The van der Waals surface area contributed by atoms with Crippen molar-refractivity contribution in [1.82, 2.24) is 14.3 Å². The predicted molar refractivity (Wildman–Crippen MR) is 137 cm³/mol. The van der Waals surface area contributed by atoms with Gasteiger partial charge in [-0.25, -0.2) is 12.8 Å². The molecule has 2 fully saturated rings. The minimum absolute atomic E-state index is 0.113. The first-order valence-electron chi connectivity index (χ1n) is 12.2. The molecule has 36 heavy (non-hydrogen) atoms. The fourth-order valence-electron chi connectivity index (χ4n) is 5.44. The number of hydrogen-bond acceptors (Lipinski definition) is 5. The number of aromatic nitrogens is 2. The van der Waals surface area contributed by atoms with Crippen molar-refractivity contribution in [2.24, 2.45) is 0 Å². The van der Waals surface area contributed by atoms with E-state index in [-0.39, 0.29) is 16.6 Å². The van der Waals surface area contributed by atoms with Crippen LogP contribution in [-0.4, -0.2) is 53.5 Å². The quantitative estimate of drug-likeness (QED) is 0.417. The first-order chi connectivity index (χ1) is 17.4. The van der Waals surface area contributed by atoms with Gasteiger partial charge in [-0.2, -0.15) is 4.31 Å². The Hall–Kier alpha value is -3.27. The monoisotopic (exact) mass is 506 g/mol. The van der Waals surface area contributed by atoms with Gasteiger partial charge in [-0.05, 0) is 61.7 Å². The summed E-state index contributed by atoms with van der Waals surface area (Å²) >= 11 is 0. The van der Waals surface area contributed by atoms with Crippen LogP contribution in [0.5, 0.6) is 0 Å². The smallest absolute Gasteiger partial charge is 0.243 e. The highest BCUT2D eigenvalue weighted by Gasteiger charge is 2.37. The van der Waals surface area contributed by atoms with Crippen molar-refractivity contribution >= 4 is 26.6 Å². The summed E-state index contributed by atoms with van der Waals surface area (Å²) in [4.78, 5) is 9.65. The molecule has 2 aromatic heterocycles. The number of sulfonamides is 1. The predicted octanol–water partition coefficient (Wildman–Crippen LogP) is 4.47. The number of hydrogen-bond donors (Lipinski definition) is 2. The Labute approximate surface area is 209 Å². The number of aliphatic hydroxyl groups excluding tert-OH is 1. The van der Waals surface area contributed by atoms with Crippen LogP contribution >= 0.6 is 0 Å². The van der Waals surface area contributed by atoms with E-state index in [1.54, 1.807) is 42.6 Å². The Morgan fingerprint density at radius 3 is 2.61 bits per heavy atom. The molecule has 0 saturated carbocycles. The average molecular weight is 507 g/mol. The molecule has 9 heteroatoms. The SMILES string of the molecule is O=S(=O)(c1ccc(N2CC[C@H](O)C2)c(-c2[nH]c3ccccc3c2F)c1)N1CCC[C@@H]1c1ccccn1. The van der Waals surface area contributed by atoms with Crippen LogP contribution in [-0.2, 0) is 10.0 Å². The molecule has 2 aliphatic rings. The third-order valence-corrected chi connectivity index (χ3v) is 9.13. The number of benzene rings is 2. The van der Waals surface area contributed by atoms with Crippen molar-refractivity contribution in [3.8, 4) is 11.3 Å². The number of H-pyrrole nitrogens is 1. The van der Waals surface area contributed by atoms with E-state index < -0.39 is 21.9 Å². The number of β-amino-alcohol motifs (C(OH)–C–C–N with tert-alkyl or cyclic N) is 1. The van der Waals surface area contributed by atoms with E-state index in [9.17, 15) is 13.5 Å². The molecule has 0 radical (unpaired) electrons. The number of fused-ring (bicyclic) bond motifs is 1. The molecule has 4 aromatic rings. The summed E-state index contributed by atoms with van der Waals surface area (Å²) in [5.74, 6) is -0.423. The van der Waals surface area contributed by atoms with E-state index >= 15 is 4.39 Å². The fraction of sp³-hybridized carbons (Fsp3) is 0.296. The lowest BCUT2D eigenvalue weighted by molar-refractivity contribution is 0.198. The second kappa shape index (κ2) is 8.99. The van der Waals surface area contributed by atoms with Crippen LogP contribution in [0.2, 0.25) is 0 Å². The van der Waals surface area contributed by atoms with E-state index in [4.69, 9.17) is 0 Å². The standard InChI is InChI=1S/C27H27FN4O3S/c28-26-20-6-1-2-7-22(20)30-27(26)21-16-19(10-11-24(21)31-15-12-18(33)17-31)36(34,35)32-14-5-9-25(32)23-8-3-4-13-29-23/h1-4,6-8,10-11,13,16,18,25,30,33H,5,9,12,14-15,17H2/t18-,25+/m0/s1. The summed E-state index contributed by atoms with van der Waals surface area (Å²) in [6.07, 6.45) is 3.25. The molecule has 4 heterocycles. The van der Waals surface area contributed by atoms with Gasteiger partial charge in [0.25, 0.3) is 0 Å². The van der Waals surface area contributed by atoms with Crippen LogP contribution in [0.3, 0.4) is 0 Å². The largest absolute Gasteiger partial charge is 0.391 e. The van der Waals surface area contributed by atoms with E-state index in [0.29, 0.717) is 54.6 Å². The molecular formula is C27H27FN4O3S. The molecule has 186 valence electrons. The second-order valence-corrected chi connectivity index (χ2v) is 11.3. The third kappa shape index (κ3) is 3.87. The molecule has 2 atom stereocenters. The molecule has 2 N–H and O–H groups in total. The average Bonchev–Trinajstić information content (AvgIpc) is 3.64. The van der Waals surface area contributed by atoms with Crippen LogP contribution in [0, 0.1) is 5.82 Å². The lowest BCUT2D eigenvalue weighted by atomic mass is 10.1. The molecular weight excluding hydrogens is 479 g/mol. The molecule has 2 aromatic carbocycles. The summed E-state index contributed by atoms with van der Waals surface area (Å²) in [6.45, 7) is 1.42. The van der Waals surface area contributed by atoms with Crippen molar-refractivity contribution < 1.29 is 17.9 Å². The maximum atomic E-state index is 15.6. The lowest BCUT2D eigenvalue weighted by Crippen LogP contribution is -2.31. The minimum Gasteiger partial charge on any atom is -0.391 e. The second-order valence-electron chi connectivity index (χ2n) is 9.46. The number of anilines is 1. The molecule has 2 aliphatic heterocycles. The van der Waals surface area contributed by atoms with E-state index in [1.165, 1.54) is 4.31 Å². The summed E-state index contributed by atoms with van der Waals surface area (Å²) in [5.41, 5.74) is 2.77. The Balaban J connectivity index is 1.47. The van der Waals surface area contributed by atoms with Gasteiger partial charge in [-0.15, -0.1) is 0 Å². The van der Waals surface area contributed by atoms with Crippen molar-refractivity contribution in [1.29, 1.82) is 0 Å². The minimum atomic E-state index is -3.87. The molecule has 0 aliphatic carbocycles. The first kappa shape index (κ1) is 23.1. The number of nitrogens with one attached hydrogen (secondary N) is 1. The zero-order valence-electron chi connectivity index (χ0n) is 19.6. The number of para-hydroxylation sites is 1. The molecule has 7 nitrogen and oxygen atoms in total. The highest BCUT2D eigenvalue weighted by atomic mass is 32.2. The van der Waals surface area contributed by atoms with Gasteiger partial charge in [0.1, 0.15) is 0 Å². The molecule has 2 saturated heterocycles. The van der Waals surface area contributed by atoms with Crippen LogP contribution < -0.4 is 4.90 Å². The number of aliphatic hydroxyl groups is 1. The number of rotatable bonds is 5. The lowest BCUT2D eigenvalue weighted by Gasteiger charge is -2.26. The fourth-order valence-corrected chi connectivity index (χ4v) is 7.13. The van der Waals surface area contributed by atoms with Gasteiger partial charge in [-0.3, -0.25) is 4.98 Å². The summed E-state index contributed by atoms with van der Waals surface area (Å²) in [7, 11) is -3.87. The maximum Gasteiger partial charge on any atom is 0.243 e. The van der Waals surface area contributed by atoms with E-state index in [2.05, 4.69) is 9.97 Å². The van der Waals surface area contributed by atoms with Crippen LogP contribution in [0.25, 0.3) is 22.2 Å². The molecule has 6 rings (SSSR count). The van der Waals surface area contributed by atoms with Gasteiger partial charge >= 0.3 is 0 Å². The van der Waals surface area contributed by atoms with Gasteiger partial charge < -0.3 is 15.0 Å². The van der Waals surface area contributed by atoms with Crippen molar-refractivity contribution in [2.75, 3.05) is 24.5 Å². The number of halogens is 1. The third-order valence-electron chi connectivity index (χ3n) is 7.22. The summed E-state index contributed by atoms with van der Waals surface area (Å²) < 4.78 is 44.9. The maximum absolute atomic E-state index is 15.6. The molecule has 0 spiro atoms. The topological polar surface area (TPSA) is 89.5 Å². The van der Waals surface area contributed by atoms with Gasteiger partial charge in [-0.1, -0.05) is 18.2 Å². The number of aromatic amines is 1. The van der Waals surface area contributed by atoms with Gasteiger partial charge in [0.2, 0.25) is 10.0 Å². The van der Waals surface area contributed by atoms with Crippen molar-refractivity contribution in [2.45, 2.75) is 36.3 Å².